The lowest BCUT2D eigenvalue weighted by Crippen LogP contribution is -2.26. The lowest BCUT2D eigenvalue weighted by molar-refractivity contribution is -0.113. The van der Waals surface area contributed by atoms with Gasteiger partial charge >= 0.3 is 0 Å². The van der Waals surface area contributed by atoms with Crippen LogP contribution in [0.4, 0.5) is 5.69 Å². The molecule has 0 unspecified atom stereocenters. The number of rotatable bonds is 8. The molecule has 26 heavy (non-hydrogen) atoms. The Bertz CT molecular complexity index is 764. The molecule has 2 aromatic rings. The molecule has 0 spiro atoms. The van der Waals surface area contributed by atoms with E-state index in [2.05, 4.69) is 10.6 Å². The summed E-state index contributed by atoms with van der Waals surface area (Å²) in [5, 5.41) is 6.78. The summed E-state index contributed by atoms with van der Waals surface area (Å²) in [6.45, 7) is 2.58. The van der Waals surface area contributed by atoms with Crippen molar-refractivity contribution >= 4 is 52.5 Å². The molecule has 2 rings (SSSR count). The van der Waals surface area contributed by atoms with Gasteiger partial charge in [-0.3, -0.25) is 9.59 Å². The van der Waals surface area contributed by atoms with Crippen molar-refractivity contribution in [2.75, 3.05) is 17.6 Å². The van der Waals surface area contributed by atoms with Crippen LogP contribution in [0.25, 0.3) is 0 Å². The highest BCUT2D eigenvalue weighted by atomic mass is 35.5. The van der Waals surface area contributed by atoms with Crippen molar-refractivity contribution < 1.29 is 9.59 Å². The maximum Gasteiger partial charge on any atom is 0.253 e. The van der Waals surface area contributed by atoms with E-state index in [0.29, 0.717) is 33.6 Å². The molecule has 0 radical (unpaired) electrons. The molecule has 7 heteroatoms. The Morgan fingerprint density at radius 3 is 2.42 bits per heavy atom. The normalized spacial score (nSPS) is 10.4. The van der Waals surface area contributed by atoms with Gasteiger partial charge in [0.05, 0.1) is 17.0 Å². The zero-order valence-electron chi connectivity index (χ0n) is 14.4. The van der Waals surface area contributed by atoms with Crippen molar-refractivity contribution in [3.8, 4) is 0 Å². The third-order valence-electron chi connectivity index (χ3n) is 3.52. The van der Waals surface area contributed by atoms with Crippen LogP contribution in [0.3, 0.4) is 0 Å². The summed E-state index contributed by atoms with van der Waals surface area (Å²) >= 11 is 13.7. The predicted molar refractivity (Wildman–Crippen MR) is 110 cm³/mol. The fourth-order valence-electron chi connectivity index (χ4n) is 2.23. The van der Waals surface area contributed by atoms with Crippen molar-refractivity contribution in [1.29, 1.82) is 0 Å². The Balaban J connectivity index is 1.93. The number of halogens is 2. The van der Waals surface area contributed by atoms with E-state index in [0.717, 1.165) is 12.0 Å². The molecule has 0 aliphatic heterocycles. The number of thioether (sulfide) groups is 1. The largest absolute Gasteiger partial charge is 0.352 e. The van der Waals surface area contributed by atoms with Gasteiger partial charge in [-0.15, -0.1) is 11.8 Å². The van der Waals surface area contributed by atoms with Gasteiger partial charge in [0.25, 0.3) is 5.91 Å². The Labute approximate surface area is 167 Å². The molecule has 0 bridgehead atoms. The van der Waals surface area contributed by atoms with Crippen molar-refractivity contribution in [2.24, 2.45) is 0 Å². The third kappa shape index (κ3) is 5.94. The van der Waals surface area contributed by atoms with Crippen LogP contribution in [0, 0.1) is 0 Å². The van der Waals surface area contributed by atoms with E-state index in [4.69, 9.17) is 23.2 Å². The Hall–Kier alpha value is -1.69. The molecule has 0 aliphatic rings. The second-order valence-electron chi connectivity index (χ2n) is 5.54. The Morgan fingerprint density at radius 2 is 1.73 bits per heavy atom. The number of carbonyl (C=O) groups excluding carboxylic acids is 2. The van der Waals surface area contributed by atoms with Gasteiger partial charge in [0.15, 0.2) is 0 Å². The highest BCUT2D eigenvalue weighted by molar-refractivity contribution is 7.99. The molecule has 0 aromatic heterocycles. The van der Waals surface area contributed by atoms with Gasteiger partial charge in [-0.05, 0) is 36.2 Å². The summed E-state index contributed by atoms with van der Waals surface area (Å²) in [6.07, 6.45) is 0.849. The first-order chi connectivity index (χ1) is 12.5. The molecular formula is C19H20Cl2N2O2S. The maximum absolute atomic E-state index is 12.2. The number of nitrogens with one attached hydrogen (secondary N) is 2. The first kappa shape index (κ1) is 20.6. The summed E-state index contributed by atoms with van der Waals surface area (Å²) in [4.78, 5) is 24.4. The van der Waals surface area contributed by atoms with Gasteiger partial charge in [0.2, 0.25) is 5.91 Å². The van der Waals surface area contributed by atoms with Crippen LogP contribution in [-0.2, 0) is 10.5 Å². The fourth-order valence-corrected chi connectivity index (χ4v) is 3.79. The molecule has 2 amide bonds. The highest BCUT2D eigenvalue weighted by Gasteiger charge is 2.13. The second-order valence-corrected chi connectivity index (χ2v) is 7.34. The minimum absolute atomic E-state index is 0.186. The minimum Gasteiger partial charge on any atom is -0.352 e. The molecular weight excluding hydrogens is 391 g/mol. The fraction of sp³-hybridized carbons (Fsp3) is 0.263. The van der Waals surface area contributed by atoms with E-state index in [1.807, 2.05) is 6.92 Å². The predicted octanol–water partition coefficient (Wildman–Crippen LogP) is 5.01. The van der Waals surface area contributed by atoms with Crippen LogP contribution in [0.2, 0.25) is 10.0 Å². The van der Waals surface area contributed by atoms with E-state index in [-0.39, 0.29) is 17.6 Å². The topological polar surface area (TPSA) is 58.2 Å². The van der Waals surface area contributed by atoms with Crippen LogP contribution >= 0.6 is 35.0 Å². The number of hydrogen-bond acceptors (Lipinski definition) is 3. The summed E-state index contributed by atoms with van der Waals surface area (Å²) in [5.74, 6) is 0.379. The van der Waals surface area contributed by atoms with E-state index < -0.39 is 0 Å². The molecule has 0 fully saturated rings. The van der Waals surface area contributed by atoms with Crippen molar-refractivity contribution in [3.63, 3.8) is 0 Å². The van der Waals surface area contributed by atoms with Gasteiger partial charge < -0.3 is 10.6 Å². The van der Waals surface area contributed by atoms with Crippen LogP contribution in [0.5, 0.6) is 0 Å². The second kappa shape index (κ2) is 10.5. The van der Waals surface area contributed by atoms with Crippen LogP contribution in [0.1, 0.15) is 29.3 Å². The Kier molecular flexibility index (Phi) is 8.29. The maximum atomic E-state index is 12.2. The number of hydrogen-bond donors (Lipinski definition) is 2. The number of carbonyl (C=O) groups is 2. The van der Waals surface area contributed by atoms with Gasteiger partial charge in [-0.2, -0.15) is 0 Å². The SMILES string of the molecule is CCCNC(=O)c1ccccc1NC(=O)CSCc1c(Cl)cccc1Cl. The lowest BCUT2D eigenvalue weighted by atomic mass is 10.1. The summed E-state index contributed by atoms with van der Waals surface area (Å²) < 4.78 is 0. The molecule has 0 heterocycles. The zero-order chi connectivity index (χ0) is 18.9. The molecule has 0 saturated carbocycles. The van der Waals surface area contributed by atoms with E-state index in [1.54, 1.807) is 42.5 Å². The smallest absolute Gasteiger partial charge is 0.253 e. The summed E-state index contributed by atoms with van der Waals surface area (Å²) in [6, 6.07) is 12.3. The van der Waals surface area contributed by atoms with Crippen molar-refractivity contribution in [2.45, 2.75) is 19.1 Å². The van der Waals surface area contributed by atoms with E-state index >= 15 is 0 Å². The number of para-hydroxylation sites is 1. The molecule has 0 saturated heterocycles. The first-order valence-electron chi connectivity index (χ1n) is 8.20. The number of amides is 2. The Morgan fingerprint density at radius 1 is 1.04 bits per heavy atom. The lowest BCUT2D eigenvalue weighted by Gasteiger charge is -2.11. The molecule has 0 atom stereocenters. The standard InChI is InChI=1S/C19H20Cl2N2O2S/c1-2-10-22-19(25)13-6-3-4-9-17(13)23-18(24)12-26-11-14-15(20)7-5-8-16(14)21/h3-9H,2,10-12H2,1H3,(H,22,25)(H,23,24). The highest BCUT2D eigenvalue weighted by Crippen LogP contribution is 2.28. The minimum atomic E-state index is -0.196. The molecule has 2 N–H and O–H groups in total. The quantitative estimate of drug-likeness (QED) is 0.643. The third-order valence-corrected chi connectivity index (χ3v) is 5.19. The van der Waals surface area contributed by atoms with E-state index in [9.17, 15) is 9.59 Å². The summed E-state index contributed by atoms with van der Waals surface area (Å²) in [5.41, 5.74) is 1.77. The zero-order valence-corrected chi connectivity index (χ0v) is 16.7. The van der Waals surface area contributed by atoms with Crippen LogP contribution in [0.15, 0.2) is 42.5 Å². The van der Waals surface area contributed by atoms with Crippen molar-refractivity contribution in [3.05, 3.63) is 63.6 Å². The number of anilines is 1. The summed E-state index contributed by atoms with van der Waals surface area (Å²) in [7, 11) is 0. The molecule has 138 valence electrons. The van der Waals surface area contributed by atoms with Gasteiger partial charge in [-0.1, -0.05) is 48.3 Å². The van der Waals surface area contributed by atoms with Crippen LogP contribution < -0.4 is 10.6 Å². The molecule has 2 aromatic carbocycles. The van der Waals surface area contributed by atoms with Gasteiger partial charge in [-0.25, -0.2) is 0 Å². The average Bonchev–Trinajstić information content (AvgIpc) is 2.62. The van der Waals surface area contributed by atoms with Gasteiger partial charge in [0, 0.05) is 22.3 Å². The first-order valence-corrected chi connectivity index (χ1v) is 10.1. The average molecular weight is 411 g/mol. The molecule has 4 nitrogen and oxygen atoms in total. The molecule has 0 aliphatic carbocycles. The van der Waals surface area contributed by atoms with Gasteiger partial charge in [0.1, 0.15) is 0 Å². The monoisotopic (exact) mass is 410 g/mol. The van der Waals surface area contributed by atoms with E-state index in [1.165, 1.54) is 11.8 Å². The number of benzene rings is 2. The van der Waals surface area contributed by atoms with Crippen LogP contribution in [-0.4, -0.2) is 24.1 Å². The van der Waals surface area contributed by atoms with Crippen molar-refractivity contribution in [1.82, 2.24) is 5.32 Å².